The highest BCUT2D eigenvalue weighted by atomic mass is 16.5. The Bertz CT molecular complexity index is 1020. The van der Waals surface area contributed by atoms with Gasteiger partial charge in [-0.2, -0.15) is 0 Å². The molecule has 0 spiro atoms. The molecule has 0 atom stereocenters. The van der Waals surface area contributed by atoms with Crippen LogP contribution in [0.1, 0.15) is 11.3 Å². The minimum Gasteiger partial charge on any atom is -0.506 e. The highest BCUT2D eigenvalue weighted by Crippen LogP contribution is 2.27. The first-order valence-electron chi connectivity index (χ1n) is 10.8. The predicted molar refractivity (Wildman–Crippen MR) is 127 cm³/mol. The molecule has 0 aliphatic carbocycles. The van der Waals surface area contributed by atoms with Crippen LogP contribution in [0.3, 0.4) is 0 Å². The number of aromatic nitrogens is 1. The van der Waals surface area contributed by atoms with Crippen molar-refractivity contribution < 1.29 is 9.84 Å². The highest BCUT2D eigenvalue weighted by Gasteiger charge is 2.21. The third-order valence-corrected chi connectivity index (χ3v) is 5.50. The van der Waals surface area contributed by atoms with Crippen LogP contribution in [-0.4, -0.2) is 54.2 Å². The number of rotatable bonds is 6. The average molecular weight is 432 g/mol. The molecule has 7 heteroatoms. The van der Waals surface area contributed by atoms with E-state index in [9.17, 15) is 5.11 Å². The van der Waals surface area contributed by atoms with Crippen LogP contribution < -0.4 is 15.0 Å². The van der Waals surface area contributed by atoms with Gasteiger partial charge in [-0.1, -0.05) is 30.3 Å². The number of para-hydroxylation sites is 2. The number of aliphatic imine (C=N–C) groups is 1. The molecule has 2 heterocycles. The number of anilines is 1. The maximum absolute atomic E-state index is 10.1. The van der Waals surface area contributed by atoms with Crippen molar-refractivity contribution in [3.05, 3.63) is 84.2 Å². The molecular weight excluding hydrogens is 402 g/mol. The van der Waals surface area contributed by atoms with E-state index in [1.54, 1.807) is 12.3 Å². The van der Waals surface area contributed by atoms with Crippen LogP contribution in [0.2, 0.25) is 0 Å². The van der Waals surface area contributed by atoms with E-state index in [1.807, 2.05) is 55.6 Å². The fourth-order valence-corrected chi connectivity index (χ4v) is 3.75. The van der Waals surface area contributed by atoms with Crippen molar-refractivity contribution in [3.8, 4) is 11.5 Å². The topological polar surface area (TPSA) is 73.2 Å². The molecule has 1 saturated heterocycles. The van der Waals surface area contributed by atoms with Gasteiger partial charge in [0, 0.05) is 46.0 Å². The molecule has 1 aliphatic rings. The zero-order valence-electron chi connectivity index (χ0n) is 18.3. The molecule has 3 aromatic rings. The molecular formula is C25H29N5O2. The lowest BCUT2D eigenvalue weighted by Gasteiger charge is -2.37. The van der Waals surface area contributed by atoms with Crippen LogP contribution in [-0.2, 0) is 13.2 Å². The first-order valence-corrected chi connectivity index (χ1v) is 10.8. The number of phenolic OH excluding ortho intramolecular Hbond substituents is 1. The number of piperazine rings is 1. The number of guanidine groups is 1. The normalized spacial score (nSPS) is 14.3. The molecule has 0 saturated carbocycles. The van der Waals surface area contributed by atoms with Crippen molar-refractivity contribution in [3.63, 3.8) is 0 Å². The Kier molecular flexibility index (Phi) is 7.07. The van der Waals surface area contributed by atoms with Gasteiger partial charge in [0.25, 0.3) is 0 Å². The second-order valence-corrected chi connectivity index (χ2v) is 7.62. The molecule has 32 heavy (non-hydrogen) atoms. The minimum atomic E-state index is 0.330. The maximum atomic E-state index is 10.1. The molecule has 1 aromatic heterocycles. The van der Waals surface area contributed by atoms with E-state index in [4.69, 9.17) is 4.74 Å². The van der Waals surface area contributed by atoms with E-state index in [2.05, 4.69) is 37.2 Å². The Morgan fingerprint density at radius 2 is 1.75 bits per heavy atom. The van der Waals surface area contributed by atoms with Gasteiger partial charge in [0.15, 0.2) is 5.96 Å². The lowest BCUT2D eigenvalue weighted by molar-refractivity contribution is 0.301. The van der Waals surface area contributed by atoms with Gasteiger partial charge in [0.1, 0.15) is 18.1 Å². The number of hydrogen-bond donors (Lipinski definition) is 2. The van der Waals surface area contributed by atoms with E-state index in [1.165, 1.54) is 0 Å². The van der Waals surface area contributed by atoms with Crippen molar-refractivity contribution in [1.29, 1.82) is 0 Å². The molecule has 2 aromatic carbocycles. The Balaban J connectivity index is 1.25. The molecule has 4 rings (SSSR count). The third-order valence-electron chi connectivity index (χ3n) is 5.50. The minimum absolute atomic E-state index is 0.330. The summed E-state index contributed by atoms with van der Waals surface area (Å²) in [5.41, 5.74) is 2.95. The van der Waals surface area contributed by atoms with Gasteiger partial charge in [0.2, 0.25) is 0 Å². The Hall–Kier alpha value is -3.74. The van der Waals surface area contributed by atoms with Gasteiger partial charge >= 0.3 is 0 Å². The van der Waals surface area contributed by atoms with Crippen molar-refractivity contribution in [2.45, 2.75) is 13.2 Å². The zero-order chi connectivity index (χ0) is 22.2. The Labute approximate surface area is 189 Å². The number of pyridine rings is 1. The summed E-state index contributed by atoms with van der Waals surface area (Å²) in [6.07, 6.45) is 1.77. The molecule has 0 radical (unpaired) electrons. The summed E-state index contributed by atoms with van der Waals surface area (Å²) in [7, 11) is 1.81. The quantitative estimate of drug-likeness (QED) is 0.461. The summed E-state index contributed by atoms with van der Waals surface area (Å²) in [6.45, 7) is 4.49. The number of aromatic hydroxyl groups is 1. The molecule has 1 aliphatic heterocycles. The van der Waals surface area contributed by atoms with Gasteiger partial charge in [-0.25, -0.2) is 0 Å². The van der Waals surface area contributed by atoms with Gasteiger partial charge in [0.05, 0.1) is 11.4 Å². The summed E-state index contributed by atoms with van der Waals surface area (Å²) in [5.74, 6) is 2.04. The number of ether oxygens (including phenoxy) is 1. The molecule has 2 N–H and O–H groups in total. The smallest absolute Gasteiger partial charge is 0.194 e. The fourth-order valence-electron chi connectivity index (χ4n) is 3.75. The van der Waals surface area contributed by atoms with Crippen molar-refractivity contribution in [2.24, 2.45) is 4.99 Å². The van der Waals surface area contributed by atoms with Crippen LogP contribution in [0.4, 0.5) is 5.69 Å². The van der Waals surface area contributed by atoms with Gasteiger partial charge in [-0.15, -0.1) is 0 Å². The van der Waals surface area contributed by atoms with Crippen LogP contribution in [0.15, 0.2) is 77.9 Å². The number of benzene rings is 2. The fraction of sp³-hybridized carbons (Fsp3) is 0.280. The number of nitrogens with one attached hydrogen (secondary N) is 1. The largest absolute Gasteiger partial charge is 0.506 e. The summed E-state index contributed by atoms with van der Waals surface area (Å²) >= 11 is 0. The lowest BCUT2D eigenvalue weighted by Crippen LogP contribution is -2.52. The van der Waals surface area contributed by atoms with Gasteiger partial charge < -0.3 is 25.0 Å². The number of nitrogens with zero attached hydrogens (tertiary/aromatic N) is 4. The molecule has 0 bridgehead atoms. The summed E-state index contributed by atoms with van der Waals surface area (Å²) in [5, 5.41) is 13.6. The van der Waals surface area contributed by atoms with Crippen molar-refractivity contribution in [1.82, 2.24) is 15.2 Å². The second-order valence-electron chi connectivity index (χ2n) is 7.62. The zero-order valence-corrected chi connectivity index (χ0v) is 18.3. The van der Waals surface area contributed by atoms with Gasteiger partial charge in [-0.05, 0) is 42.0 Å². The molecule has 7 nitrogen and oxygen atoms in total. The molecule has 1 fully saturated rings. The maximum Gasteiger partial charge on any atom is 0.194 e. The van der Waals surface area contributed by atoms with Crippen molar-refractivity contribution >= 4 is 11.6 Å². The Morgan fingerprint density at radius 1 is 1.00 bits per heavy atom. The van der Waals surface area contributed by atoms with Crippen molar-refractivity contribution in [2.75, 3.05) is 38.1 Å². The molecule has 0 unspecified atom stereocenters. The van der Waals surface area contributed by atoms with Crippen LogP contribution >= 0.6 is 0 Å². The van der Waals surface area contributed by atoms with E-state index in [0.717, 1.165) is 54.8 Å². The third kappa shape index (κ3) is 5.49. The van der Waals surface area contributed by atoms with Crippen LogP contribution in [0.25, 0.3) is 0 Å². The Morgan fingerprint density at radius 3 is 2.44 bits per heavy atom. The van der Waals surface area contributed by atoms with E-state index >= 15 is 0 Å². The van der Waals surface area contributed by atoms with E-state index in [0.29, 0.717) is 18.9 Å². The first kappa shape index (κ1) is 21.5. The van der Waals surface area contributed by atoms with E-state index < -0.39 is 0 Å². The summed E-state index contributed by atoms with van der Waals surface area (Å²) in [6, 6.07) is 21.4. The summed E-state index contributed by atoms with van der Waals surface area (Å²) < 4.78 is 5.81. The van der Waals surface area contributed by atoms with Crippen LogP contribution in [0.5, 0.6) is 11.5 Å². The molecule has 166 valence electrons. The lowest BCUT2D eigenvalue weighted by atomic mass is 10.2. The number of hydrogen-bond acceptors (Lipinski definition) is 5. The monoisotopic (exact) mass is 431 g/mol. The SMILES string of the molecule is CN=C(NCc1ccc(OCc2ccccn2)cc1)N1CCN(c2ccccc2O)CC1. The first-order chi connectivity index (χ1) is 15.7. The predicted octanol–water partition coefficient (Wildman–Crippen LogP) is 3.26. The highest BCUT2D eigenvalue weighted by molar-refractivity contribution is 5.80. The summed E-state index contributed by atoms with van der Waals surface area (Å²) in [4.78, 5) is 13.2. The van der Waals surface area contributed by atoms with Gasteiger partial charge in [-0.3, -0.25) is 9.98 Å². The van der Waals surface area contributed by atoms with E-state index in [-0.39, 0.29) is 0 Å². The average Bonchev–Trinajstić information content (AvgIpc) is 2.85. The van der Waals surface area contributed by atoms with Crippen LogP contribution in [0, 0.1) is 0 Å². The standard InChI is InChI=1S/C25H29N5O2/c1-26-25(30-16-14-29(15-17-30)23-7-2-3-8-24(23)31)28-18-20-9-11-22(12-10-20)32-19-21-6-4-5-13-27-21/h2-13,31H,14-19H2,1H3,(H,26,28). The number of phenols is 1. The second kappa shape index (κ2) is 10.5. The molecule has 0 amide bonds.